The fourth-order valence-electron chi connectivity index (χ4n) is 2.04. The Hall–Kier alpha value is -0.120. The molecule has 0 bridgehead atoms. The third-order valence-corrected chi connectivity index (χ3v) is 3.14. The van der Waals surface area contributed by atoms with Crippen molar-refractivity contribution in [2.75, 3.05) is 19.7 Å². The van der Waals surface area contributed by atoms with E-state index in [0.717, 1.165) is 26.1 Å². The minimum Gasteiger partial charge on any atom is -0.390 e. The van der Waals surface area contributed by atoms with Crippen molar-refractivity contribution in [2.45, 2.75) is 45.9 Å². The first-order valence-electron chi connectivity index (χ1n) is 5.53. The van der Waals surface area contributed by atoms with Gasteiger partial charge in [0.25, 0.3) is 0 Å². The molecule has 1 saturated heterocycles. The maximum Gasteiger partial charge on any atom is 0.107 e. The summed E-state index contributed by atoms with van der Waals surface area (Å²) in [6.45, 7) is 10.6. The van der Waals surface area contributed by atoms with Crippen LogP contribution in [-0.2, 0) is 4.74 Å². The zero-order valence-corrected chi connectivity index (χ0v) is 9.79. The minimum atomic E-state index is -0.555. The molecule has 2 unspecified atom stereocenters. The number of hydrogen-bond acceptors (Lipinski definition) is 3. The van der Waals surface area contributed by atoms with Gasteiger partial charge in [0.05, 0.1) is 5.60 Å². The summed E-state index contributed by atoms with van der Waals surface area (Å²) in [5, 5.41) is 9.88. The summed E-state index contributed by atoms with van der Waals surface area (Å²) in [5.74, 6) is 0.380. The van der Waals surface area contributed by atoms with Crippen LogP contribution in [0.2, 0.25) is 0 Å². The third kappa shape index (κ3) is 2.94. The molecule has 3 heteroatoms. The Balaban J connectivity index is 2.41. The Morgan fingerprint density at radius 1 is 1.57 bits per heavy atom. The summed E-state index contributed by atoms with van der Waals surface area (Å²) < 4.78 is 5.53. The first-order valence-corrected chi connectivity index (χ1v) is 5.53. The van der Waals surface area contributed by atoms with Crippen molar-refractivity contribution < 1.29 is 9.84 Å². The molecule has 0 aromatic rings. The summed E-state index contributed by atoms with van der Waals surface area (Å²) in [5.41, 5.74) is -0.555. The van der Waals surface area contributed by atoms with Crippen LogP contribution >= 0.6 is 0 Å². The summed E-state index contributed by atoms with van der Waals surface area (Å²) in [6, 6.07) is 0. The maximum absolute atomic E-state index is 9.88. The predicted molar refractivity (Wildman–Crippen MR) is 57.1 cm³/mol. The van der Waals surface area contributed by atoms with E-state index in [9.17, 15) is 5.11 Å². The summed E-state index contributed by atoms with van der Waals surface area (Å²) in [6.07, 6.45) is 1.26. The molecule has 14 heavy (non-hydrogen) atoms. The zero-order chi connectivity index (χ0) is 10.8. The second-order valence-electron chi connectivity index (χ2n) is 4.69. The number of ether oxygens (including phenoxy) is 1. The van der Waals surface area contributed by atoms with E-state index in [1.807, 2.05) is 20.8 Å². The number of aliphatic hydroxyl groups is 1. The molecule has 1 rings (SSSR count). The Labute approximate surface area is 87.1 Å². The quantitative estimate of drug-likeness (QED) is 0.747. The van der Waals surface area contributed by atoms with Crippen LogP contribution < -0.4 is 0 Å². The topological polar surface area (TPSA) is 32.7 Å². The Kier molecular flexibility index (Phi) is 3.93. The predicted octanol–water partition coefficient (Wildman–Crippen LogP) is 1.46. The van der Waals surface area contributed by atoms with Crippen LogP contribution in [0.1, 0.15) is 34.1 Å². The number of nitrogens with zero attached hydrogens (tertiary/aromatic N) is 1. The van der Waals surface area contributed by atoms with Crippen LogP contribution in [0.3, 0.4) is 0 Å². The van der Waals surface area contributed by atoms with Gasteiger partial charge in [0.2, 0.25) is 0 Å². The lowest BCUT2D eigenvalue weighted by Gasteiger charge is -2.28. The van der Waals surface area contributed by atoms with E-state index in [4.69, 9.17) is 4.74 Å². The van der Waals surface area contributed by atoms with E-state index in [0.29, 0.717) is 5.92 Å². The molecule has 3 nitrogen and oxygen atoms in total. The van der Waals surface area contributed by atoms with Crippen LogP contribution in [-0.4, -0.2) is 41.5 Å². The fraction of sp³-hybridized carbons (Fsp3) is 1.00. The van der Waals surface area contributed by atoms with Crippen molar-refractivity contribution >= 4 is 0 Å². The van der Waals surface area contributed by atoms with E-state index >= 15 is 0 Å². The fourth-order valence-corrected chi connectivity index (χ4v) is 2.04. The Morgan fingerprint density at radius 3 is 2.64 bits per heavy atom. The van der Waals surface area contributed by atoms with Crippen LogP contribution in [0.5, 0.6) is 0 Å². The molecule has 0 aromatic carbocycles. The Bertz CT molecular complexity index is 177. The number of rotatable bonds is 4. The van der Waals surface area contributed by atoms with Crippen LogP contribution in [0, 0.1) is 5.92 Å². The average molecular weight is 201 g/mol. The van der Waals surface area contributed by atoms with E-state index in [-0.39, 0.29) is 6.23 Å². The standard InChI is InChI=1S/C11H23NO2/c1-5-14-9(2)12-7-6-10(8-12)11(3,4)13/h9-10,13H,5-8H2,1-4H3. The van der Waals surface area contributed by atoms with Crippen LogP contribution in [0.25, 0.3) is 0 Å². The SMILES string of the molecule is CCOC(C)N1CCC(C(C)(C)O)C1. The van der Waals surface area contributed by atoms with Gasteiger partial charge in [-0.05, 0) is 34.1 Å². The van der Waals surface area contributed by atoms with Gasteiger partial charge in [-0.25, -0.2) is 0 Å². The van der Waals surface area contributed by atoms with Gasteiger partial charge in [0, 0.05) is 25.6 Å². The van der Waals surface area contributed by atoms with E-state index in [1.165, 1.54) is 0 Å². The average Bonchev–Trinajstić information content (AvgIpc) is 2.51. The van der Waals surface area contributed by atoms with E-state index < -0.39 is 5.60 Å². The molecule has 0 saturated carbocycles. The highest BCUT2D eigenvalue weighted by Gasteiger charge is 2.35. The molecule has 0 amide bonds. The van der Waals surface area contributed by atoms with Crippen molar-refractivity contribution in [1.82, 2.24) is 4.90 Å². The first-order chi connectivity index (χ1) is 6.45. The van der Waals surface area contributed by atoms with Gasteiger partial charge in [-0.3, -0.25) is 4.90 Å². The van der Waals surface area contributed by atoms with Crippen LogP contribution in [0.4, 0.5) is 0 Å². The molecule has 1 heterocycles. The van der Waals surface area contributed by atoms with Gasteiger partial charge in [0.1, 0.15) is 6.23 Å². The molecule has 1 N–H and O–H groups in total. The molecule has 0 aliphatic carbocycles. The smallest absolute Gasteiger partial charge is 0.107 e. The molecule has 2 atom stereocenters. The molecule has 0 radical (unpaired) electrons. The zero-order valence-electron chi connectivity index (χ0n) is 9.79. The summed E-state index contributed by atoms with van der Waals surface area (Å²) >= 11 is 0. The van der Waals surface area contributed by atoms with Gasteiger partial charge in [-0.1, -0.05) is 0 Å². The molecular formula is C11H23NO2. The highest BCUT2D eigenvalue weighted by atomic mass is 16.5. The summed E-state index contributed by atoms with van der Waals surface area (Å²) in [4.78, 5) is 2.30. The van der Waals surface area contributed by atoms with Crippen molar-refractivity contribution in [3.63, 3.8) is 0 Å². The van der Waals surface area contributed by atoms with E-state index in [2.05, 4.69) is 11.8 Å². The van der Waals surface area contributed by atoms with Crippen molar-refractivity contribution in [3.05, 3.63) is 0 Å². The lowest BCUT2D eigenvalue weighted by Crippen LogP contribution is -2.37. The second kappa shape index (κ2) is 4.60. The van der Waals surface area contributed by atoms with Gasteiger partial charge in [-0.15, -0.1) is 0 Å². The lowest BCUT2D eigenvalue weighted by molar-refractivity contribution is -0.0412. The van der Waals surface area contributed by atoms with E-state index in [1.54, 1.807) is 0 Å². The molecule has 84 valence electrons. The molecule has 1 aliphatic rings. The maximum atomic E-state index is 9.88. The first kappa shape index (κ1) is 12.0. The van der Waals surface area contributed by atoms with Gasteiger partial charge < -0.3 is 9.84 Å². The second-order valence-corrected chi connectivity index (χ2v) is 4.69. The Morgan fingerprint density at radius 2 is 2.21 bits per heavy atom. The normalized spacial score (nSPS) is 26.8. The van der Waals surface area contributed by atoms with Gasteiger partial charge in [0.15, 0.2) is 0 Å². The molecular weight excluding hydrogens is 178 g/mol. The monoisotopic (exact) mass is 201 g/mol. The molecule has 1 aliphatic heterocycles. The number of likely N-dealkylation sites (tertiary alicyclic amines) is 1. The van der Waals surface area contributed by atoms with Gasteiger partial charge in [-0.2, -0.15) is 0 Å². The lowest BCUT2D eigenvalue weighted by atomic mass is 9.90. The van der Waals surface area contributed by atoms with Gasteiger partial charge >= 0.3 is 0 Å². The highest BCUT2D eigenvalue weighted by Crippen LogP contribution is 2.28. The molecule has 0 spiro atoms. The van der Waals surface area contributed by atoms with Crippen molar-refractivity contribution in [2.24, 2.45) is 5.92 Å². The van der Waals surface area contributed by atoms with Crippen molar-refractivity contribution in [3.8, 4) is 0 Å². The highest BCUT2D eigenvalue weighted by molar-refractivity contribution is 4.86. The van der Waals surface area contributed by atoms with Crippen LogP contribution in [0.15, 0.2) is 0 Å². The third-order valence-electron chi connectivity index (χ3n) is 3.14. The summed E-state index contributed by atoms with van der Waals surface area (Å²) in [7, 11) is 0. The minimum absolute atomic E-state index is 0.187. The largest absolute Gasteiger partial charge is 0.390 e. The number of hydrogen-bond donors (Lipinski definition) is 1. The molecule has 1 fully saturated rings. The van der Waals surface area contributed by atoms with Crippen molar-refractivity contribution in [1.29, 1.82) is 0 Å². The molecule has 0 aromatic heterocycles.